The Balaban J connectivity index is 1.97. The predicted molar refractivity (Wildman–Crippen MR) is 104 cm³/mol. The van der Waals surface area contributed by atoms with Gasteiger partial charge in [0.1, 0.15) is 0 Å². The fourth-order valence-corrected chi connectivity index (χ4v) is 4.22. The fraction of sp³-hybridized carbons (Fsp3) is 0.381. The first-order chi connectivity index (χ1) is 12.0. The first-order valence-electron chi connectivity index (χ1n) is 8.75. The maximum absolute atomic E-state index is 11.3. The summed E-state index contributed by atoms with van der Waals surface area (Å²) in [6, 6.07) is 15.2. The van der Waals surface area contributed by atoms with Crippen molar-refractivity contribution in [2.45, 2.75) is 32.7 Å². The lowest BCUT2D eigenvalue weighted by molar-refractivity contribution is -0.143. The smallest absolute Gasteiger partial charge is 0.306 e. The molecular formula is C21H24BrNO2. The molecule has 1 fully saturated rings. The second-order valence-electron chi connectivity index (χ2n) is 6.97. The van der Waals surface area contributed by atoms with Gasteiger partial charge in [0, 0.05) is 4.47 Å². The highest BCUT2D eigenvalue weighted by Crippen LogP contribution is 2.35. The SMILES string of the molecule is Cc1ccc(C(c2cccc(Br)c2)N2CCC(C(=O)O)CC2)c(C)c1. The minimum Gasteiger partial charge on any atom is -0.481 e. The van der Waals surface area contributed by atoms with Crippen LogP contribution in [0.2, 0.25) is 0 Å². The van der Waals surface area contributed by atoms with E-state index in [1.54, 1.807) is 0 Å². The number of carboxylic acid groups (broad SMARTS) is 1. The average molecular weight is 402 g/mol. The maximum Gasteiger partial charge on any atom is 0.306 e. The van der Waals surface area contributed by atoms with Crippen molar-refractivity contribution in [3.05, 3.63) is 69.2 Å². The molecule has 1 heterocycles. The van der Waals surface area contributed by atoms with Gasteiger partial charge in [0.15, 0.2) is 0 Å². The largest absolute Gasteiger partial charge is 0.481 e. The molecule has 1 aliphatic heterocycles. The van der Waals surface area contributed by atoms with Crippen LogP contribution in [0.5, 0.6) is 0 Å². The molecule has 1 saturated heterocycles. The molecule has 25 heavy (non-hydrogen) atoms. The lowest BCUT2D eigenvalue weighted by atomic mass is 9.89. The highest BCUT2D eigenvalue weighted by atomic mass is 79.9. The number of aryl methyl sites for hydroxylation is 2. The van der Waals surface area contributed by atoms with E-state index < -0.39 is 5.97 Å². The molecule has 132 valence electrons. The Morgan fingerprint density at radius 3 is 2.48 bits per heavy atom. The number of hydrogen-bond acceptors (Lipinski definition) is 2. The van der Waals surface area contributed by atoms with E-state index in [9.17, 15) is 9.90 Å². The molecule has 2 aromatic carbocycles. The maximum atomic E-state index is 11.3. The van der Waals surface area contributed by atoms with Crippen molar-refractivity contribution >= 4 is 21.9 Å². The molecule has 1 unspecified atom stereocenters. The third-order valence-corrected chi connectivity index (χ3v) is 5.62. The van der Waals surface area contributed by atoms with Crippen molar-refractivity contribution in [3.8, 4) is 0 Å². The Morgan fingerprint density at radius 1 is 1.16 bits per heavy atom. The van der Waals surface area contributed by atoms with Crippen LogP contribution in [0.15, 0.2) is 46.9 Å². The predicted octanol–water partition coefficient (Wildman–Crippen LogP) is 4.95. The molecule has 3 nitrogen and oxygen atoms in total. The Bertz CT molecular complexity index is 766. The number of carboxylic acids is 1. The molecule has 3 rings (SSSR count). The Morgan fingerprint density at radius 2 is 1.88 bits per heavy atom. The van der Waals surface area contributed by atoms with Gasteiger partial charge in [0.25, 0.3) is 0 Å². The Labute approximate surface area is 157 Å². The first kappa shape index (κ1) is 18.2. The summed E-state index contributed by atoms with van der Waals surface area (Å²) in [6.45, 7) is 5.89. The average Bonchev–Trinajstić information content (AvgIpc) is 2.58. The Hall–Kier alpha value is -1.65. The normalized spacial score (nSPS) is 17.4. The zero-order valence-electron chi connectivity index (χ0n) is 14.7. The lowest BCUT2D eigenvalue weighted by Crippen LogP contribution is -2.39. The van der Waals surface area contributed by atoms with Crippen molar-refractivity contribution in [3.63, 3.8) is 0 Å². The Kier molecular flexibility index (Phi) is 5.60. The highest BCUT2D eigenvalue weighted by molar-refractivity contribution is 9.10. The van der Waals surface area contributed by atoms with E-state index in [1.807, 2.05) is 6.07 Å². The number of benzene rings is 2. The van der Waals surface area contributed by atoms with Crippen molar-refractivity contribution in [1.29, 1.82) is 0 Å². The number of likely N-dealkylation sites (tertiary alicyclic amines) is 1. The van der Waals surface area contributed by atoms with E-state index in [4.69, 9.17) is 0 Å². The molecule has 1 N–H and O–H groups in total. The number of rotatable bonds is 4. The van der Waals surface area contributed by atoms with E-state index in [0.717, 1.165) is 17.6 Å². The van der Waals surface area contributed by atoms with E-state index in [2.05, 4.69) is 71.1 Å². The number of nitrogens with zero attached hydrogens (tertiary/aromatic N) is 1. The molecule has 0 saturated carbocycles. The lowest BCUT2D eigenvalue weighted by Gasteiger charge is -2.38. The molecule has 0 amide bonds. The second kappa shape index (κ2) is 7.71. The monoisotopic (exact) mass is 401 g/mol. The molecule has 1 atom stereocenters. The molecule has 0 aliphatic carbocycles. The molecule has 0 spiro atoms. The topological polar surface area (TPSA) is 40.5 Å². The highest BCUT2D eigenvalue weighted by Gasteiger charge is 2.30. The standard InChI is InChI=1S/C21H24BrNO2/c1-14-6-7-19(15(2)12-14)20(17-4-3-5-18(22)13-17)23-10-8-16(9-11-23)21(24)25/h3-7,12-13,16,20H,8-11H2,1-2H3,(H,24,25). The van der Waals surface area contributed by atoms with Gasteiger partial charge in [0.05, 0.1) is 12.0 Å². The molecule has 0 aromatic heterocycles. The molecule has 4 heteroatoms. The first-order valence-corrected chi connectivity index (χ1v) is 9.54. The summed E-state index contributed by atoms with van der Waals surface area (Å²) in [7, 11) is 0. The summed E-state index contributed by atoms with van der Waals surface area (Å²) in [5.41, 5.74) is 5.09. The van der Waals surface area contributed by atoms with E-state index in [-0.39, 0.29) is 12.0 Å². The zero-order valence-corrected chi connectivity index (χ0v) is 16.3. The van der Waals surface area contributed by atoms with Crippen molar-refractivity contribution in [2.75, 3.05) is 13.1 Å². The summed E-state index contributed by atoms with van der Waals surface area (Å²) in [4.78, 5) is 13.7. The number of halogens is 1. The summed E-state index contributed by atoms with van der Waals surface area (Å²) in [5, 5.41) is 9.28. The van der Waals surface area contributed by atoms with Crippen molar-refractivity contribution in [2.24, 2.45) is 5.92 Å². The summed E-state index contributed by atoms with van der Waals surface area (Å²) >= 11 is 3.59. The van der Waals surface area contributed by atoms with Gasteiger partial charge in [-0.15, -0.1) is 0 Å². The number of carbonyl (C=O) groups is 1. The van der Waals surface area contributed by atoms with E-state index >= 15 is 0 Å². The van der Waals surface area contributed by atoms with Crippen LogP contribution in [0, 0.1) is 19.8 Å². The van der Waals surface area contributed by atoms with Crippen molar-refractivity contribution < 1.29 is 9.90 Å². The van der Waals surface area contributed by atoms with Crippen LogP contribution in [0.4, 0.5) is 0 Å². The van der Waals surface area contributed by atoms with Crippen LogP contribution < -0.4 is 0 Å². The summed E-state index contributed by atoms with van der Waals surface area (Å²) < 4.78 is 1.07. The van der Waals surface area contributed by atoms with Crippen LogP contribution >= 0.6 is 15.9 Å². The van der Waals surface area contributed by atoms with Gasteiger partial charge in [-0.2, -0.15) is 0 Å². The third kappa shape index (κ3) is 4.13. The van der Waals surface area contributed by atoms with Gasteiger partial charge in [-0.3, -0.25) is 9.69 Å². The van der Waals surface area contributed by atoms with Crippen LogP contribution in [0.1, 0.15) is 41.1 Å². The molecule has 0 bridgehead atoms. The van der Waals surface area contributed by atoms with E-state index in [0.29, 0.717) is 12.8 Å². The number of piperidine rings is 1. The quantitative estimate of drug-likeness (QED) is 0.787. The third-order valence-electron chi connectivity index (χ3n) is 5.13. The van der Waals surface area contributed by atoms with Gasteiger partial charge in [-0.25, -0.2) is 0 Å². The van der Waals surface area contributed by atoms with Crippen LogP contribution in [-0.2, 0) is 4.79 Å². The second-order valence-corrected chi connectivity index (χ2v) is 7.88. The molecule has 2 aromatic rings. The summed E-state index contributed by atoms with van der Waals surface area (Å²) in [5.74, 6) is -0.872. The fourth-order valence-electron chi connectivity index (χ4n) is 3.80. The van der Waals surface area contributed by atoms with Gasteiger partial charge in [-0.1, -0.05) is 51.8 Å². The number of hydrogen-bond donors (Lipinski definition) is 1. The van der Waals surface area contributed by atoms with Gasteiger partial charge < -0.3 is 5.11 Å². The van der Waals surface area contributed by atoms with Gasteiger partial charge >= 0.3 is 5.97 Å². The molecule has 0 radical (unpaired) electrons. The molecule has 1 aliphatic rings. The van der Waals surface area contributed by atoms with Crippen LogP contribution in [-0.4, -0.2) is 29.1 Å². The minimum atomic E-state index is -0.662. The van der Waals surface area contributed by atoms with Crippen LogP contribution in [0.25, 0.3) is 0 Å². The molecular weight excluding hydrogens is 378 g/mol. The van der Waals surface area contributed by atoms with Crippen molar-refractivity contribution in [1.82, 2.24) is 4.90 Å². The minimum absolute atomic E-state index is 0.160. The van der Waals surface area contributed by atoms with Gasteiger partial charge in [0.2, 0.25) is 0 Å². The summed E-state index contributed by atoms with van der Waals surface area (Å²) in [6.07, 6.45) is 1.43. The van der Waals surface area contributed by atoms with Gasteiger partial charge in [-0.05, 0) is 68.6 Å². The zero-order chi connectivity index (χ0) is 18.0. The van der Waals surface area contributed by atoms with E-state index in [1.165, 1.54) is 22.3 Å². The van der Waals surface area contributed by atoms with Crippen LogP contribution in [0.3, 0.4) is 0 Å². The number of aliphatic carboxylic acids is 1.